The van der Waals surface area contributed by atoms with Crippen LogP contribution in [0.15, 0.2) is 18.2 Å². The summed E-state index contributed by atoms with van der Waals surface area (Å²) in [4.78, 5) is 21.4. The molecule has 0 fully saturated rings. The third kappa shape index (κ3) is 2.79. The van der Waals surface area contributed by atoms with Crippen LogP contribution in [-0.2, 0) is 4.79 Å². The van der Waals surface area contributed by atoms with Crippen LogP contribution >= 0.6 is 0 Å². The van der Waals surface area contributed by atoms with Crippen molar-refractivity contribution < 1.29 is 14.1 Å². The van der Waals surface area contributed by atoms with E-state index in [1.807, 2.05) is 0 Å². The molecule has 0 aliphatic heterocycles. The summed E-state index contributed by atoms with van der Waals surface area (Å²) >= 11 is 0. The SMILES string of the molecule is CC(C)(C#N)C(=O)Nc1cc([N+](=O)[O-])ccc1F. The van der Waals surface area contributed by atoms with Gasteiger partial charge in [0, 0.05) is 12.1 Å². The third-order valence-electron chi connectivity index (χ3n) is 2.26. The number of carbonyl (C=O) groups excluding carboxylic acids is 1. The fourth-order valence-corrected chi connectivity index (χ4v) is 1.05. The highest BCUT2D eigenvalue weighted by molar-refractivity contribution is 5.96. The van der Waals surface area contributed by atoms with Crippen molar-refractivity contribution in [2.24, 2.45) is 5.41 Å². The Hall–Kier alpha value is -2.49. The number of nitro groups is 1. The van der Waals surface area contributed by atoms with Crippen molar-refractivity contribution in [2.45, 2.75) is 13.8 Å². The van der Waals surface area contributed by atoms with Gasteiger partial charge in [0.15, 0.2) is 0 Å². The topological polar surface area (TPSA) is 96.0 Å². The smallest absolute Gasteiger partial charge is 0.271 e. The van der Waals surface area contributed by atoms with Gasteiger partial charge in [-0.1, -0.05) is 0 Å². The Morgan fingerprint density at radius 2 is 2.17 bits per heavy atom. The molecule has 1 aromatic rings. The second-order valence-corrected chi connectivity index (χ2v) is 4.11. The Morgan fingerprint density at radius 3 is 2.67 bits per heavy atom. The highest BCUT2D eigenvalue weighted by Crippen LogP contribution is 2.23. The maximum absolute atomic E-state index is 13.4. The number of carbonyl (C=O) groups is 1. The molecule has 0 atom stereocenters. The van der Waals surface area contributed by atoms with E-state index in [1.54, 1.807) is 6.07 Å². The monoisotopic (exact) mass is 251 g/mol. The number of amides is 1. The van der Waals surface area contributed by atoms with Crippen LogP contribution in [0.3, 0.4) is 0 Å². The molecule has 0 saturated carbocycles. The van der Waals surface area contributed by atoms with Crippen molar-refractivity contribution in [3.63, 3.8) is 0 Å². The van der Waals surface area contributed by atoms with E-state index in [2.05, 4.69) is 5.32 Å². The van der Waals surface area contributed by atoms with Gasteiger partial charge in [0.05, 0.1) is 16.7 Å². The molecule has 1 amide bonds. The number of hydrogen-bond donors (Lipinski definition) is 1. The van der Waals surface area contributed by atoms with Crippen LogP contribution < -0.4 is 5.32 Å². The van der Waals surface area contributed by atoms with Crippen molar-refractivity contribution in [3.8, 4) is 6.07 Å². The molecule has 94 valence electrons. The van der Waals surface area contributed by atoms with Crippen LogP contribution in [0, 0.1) is 32.7 Å². The van der Waals surface area contributed by atoms with Gasteiger partial charge in [0.25, 0.3) is 5.69 Å². The maximum atomic E-state index is 13.4. The fraction of sp³-hybridized carbons (Fsp3) is 0.273. The Bertz CT molecular complexity index is 549. The lowest BCUT2D eigenvalue weighted by Crippen LogP contribution is -2.29. The third-order valence-corrected chi connectivity index (χ3v) is 2.26. The summed E-state index contributed by atoms with van der Waals surface area (Å²) in [5.41, 5.74) is -2.02. The number of rotatable bonds is 3. The number of nitrogens with one attached hydrogen (secondary N) is 1. The maximum Gasteiger partial charge on any atom is 0.271 e. The van der Waals surface area contributed by atoms with Crippen LogP contribution in [0.1, 0.15) is 13.8 Å². The quantitative estimate of drug-likeness (QED) is 0.658. The van der Waals surface area contributed by atoms with Crippen LogP contribution in [0.2, 0.25) is 0 Å². The average Bonchev–Trinajstić information content (AvgIpc) is 2.31. The number of hydrogen-bond acceptors (Lipinski definition) is 4. The number of halogens is 1. The molecule has 0 aliphatic carbocycles. The molecule has 0 saturated heterocycles. The highest BCUT2D eigenvalue weighted by Gasteiger charge is 2.28. The predicted octanol–water partition coefficient (Wildman–Crippen LogP) is 2.22. The van der Waals surface area contributed by atoms with Crippen LogP contribution in [0.4, 0.5) is 15.8 Å². The van der Waals surface area contributed by atoms with Crippen LogP contribution in [-0.4, -0.2) is 10.8 Å². The molecule has 1 aromatic carbocycles. The standard InChI is InChI=1S/C11H10FN3O3/c1-11(2,6-13)10(16)14-9-5-7(15(17)18)3-4-8(9)12/h3-5H,1-2H3,(H,14,16). The molecule has 0 heterocycles. The van der Waals surface area contributed by atoms with E-state index in [0.29, 0.717) is 0 Å². The van der Waals surface area contributed by atoms with Gasteiger partial charge in [-0.05, 0) is 19.9 Å². The van der Waals surface area contributed by atoms with E-state index in [1.165, 1.54) is 13.8 Å². The first-order valence-corrected chi connectivity index (χ1v) is 4.94. The predicted molar refractivity (Wildman–Crippen MR) is 61.1 cm³/mol. The van der Waals surface area contributed by atoms with Crippen molar-refractivity contribution in [1.82, 2.24) is 0 Å². The van der Waals surface area contributed by atoms with Gasteiger partial charge >= 0.3 is 0 Å². The van der Waals surface area contributed by atoms with E-state index in [0.717, 1.165) is 18.2 Å². The first kappa shape index (κ1) is 13.6. The first-order chi connectivity index (χ1) is 8.27. The molecule has 18 heavy (non-hydrogen) atoms. The Kier molecular flexibility index (Phi) is 3.61. The van der Waals surface area contributed by atoms with E-state index in [4.69, 9.17) is 5.26 Å². The summed E-state index contributed by atoms with van der Waals surface area (Å²) in [7, 11) is 0. The molecule has 0 unspecified atom stereocenters. The minimum atomic E-state index is -1.35. The van der Waals surface area contributed by atoms with E-state index >= 15 is 0 Å². The number of anilines is 1. The zero-order valence-electron chi connectivity index (χ0n) is 9.73. The second kappa shape index (κ2) is 4.79. The number of non-ortho nitro benzene ring substituents is 1. The summed E-state index contributed by atoms with van der Waals surface area (Å²) in [6.45, 7) is 2.72. The second-order valence-electron chi connectivity index (χ2n) is 4.11. The molecule has 1 rings (SSSR count). The molecule has 0 spiro atoms. The molecular weight excluding hydrogens is 241 g/mol. The molecule has 0 aliphatic rings. The molecule has 6 nitrogen and oxygen atoms in total. The Morgan fingerprint density at radius 1 is 1.56 bits per heavy atom. The number of nitro benzene ring substituents is 1. The minimum absolute atomic E-state index is 0.322. The summed E-state index contributed by atoms with van der Waals surface area (Å²) in [6, 6.07) is 4.52. The molecular formula is C11H10FN3O3. The van der Waals surface area contributed by atoms with Crippen LogP contribution in [0.25, 0.3) is 0 Å². The lowest BCUT2D eigenvalue weighted by Gasteiger charge is -2.15. The lowest BCUT2D eigenvalue weighted by atomic mass is 9.94. The highest BCUT2D eigenvalue weighted by atomic mass is 19.1. The lowest BCUT2D eigenvalue weighted by molar-refractivity contribution is -0.384. The molecule has 0 bridgehead atoms. The van der Waals surface area contributed by atoms with Gasteiger partial charge in [0.1, 0.15) is 11.2 Å². The van der Waals surface area contributed by atoms with Crippen LogP contribution in [0.5, 0.6) is 0 Å². The summed E-state index contributed by atoms with van der Waals surface area (Å²) in [6.07, 6.45) is 0. The Labute approximate surface area is 102 Å². The van der Waals surface area contributed by atoms with Gasteiger partial charge in [-0.25, -0.2) is 4.39 Å². The van der Waals surface area contributed by atoms with Crippen molar-refractivity contribution in [1.29, 1.82) is 5.26 Å². The molecule has 1 N–H and O–H groups in total. The van der Waals surface area contributed by atoms with Gasteiger partial charge in [-0.3, -0.25) is 14.9 Å². The van der Waals surface area contributed by atoms with Gasteiger partial charge in [0.2, 0.25) is 5.91 Å². The van der Waals surface area contributed by atoms with Gasteiger partial charge in [-0.15, -0.1) is 0 Å². The zero-order valence-corrected chi connectivity index (χ0v) is 9.73. The normalized spacial score (nSPS) is 10.6. The van der Waals surface area contributed by atoms with Crippen molar-refractivity contribution >= 4 is 17.3 Å². The number of nitriles is 1. The van der Waals surface area contributed by atoms with Gasteiger partial charge < -0.3 is 5.32 Å². The molecule has 0 aromatic heterocycles. The summed E-state index contributed by atoms with van der Waals surface area (Å²) in [5.74, 6) is -1.54. The summed E-state index contributed by atoms with van der Waals surface area (Å²) < 4.78 is 13.4. The van der Waals surface area contributed by atoms with E-state index in [9.17, 15) is 19.3 Å². The number of nitrogens with zero attached hydrogens (tertiary/aromatic N) is 2. The minimum Gasteiger partial charge on any atom is -0.322 e. The van der Waals surface area contributed by atoms with Crippen molar-refractivity contribution in [3.05, 3.63) is 34.1 Å². The van der Waals surface area contributed by atoms with E-state index < -0.39 is 22.1 Å². The summed E-state index contributed by atoms with van der Waals surface area (Å²) in [5, 5.41) is 21.4. The van der Waals surface area contributed by atoms with E-state index in [-0.39, 0.29) is 11.4 Å². The molecule has 0 radical (unpaired) electrons. The number of benzene rings is 1. The Balaban J connectivity index is 3.05. The molecule has 7 heteroatoms. The van der Waals surface area contributed by atoms with Gasteiger partial charge in [-0.2, -0.15) is 5.26 Å². The van der Waals surface area contributed by atoms with Crippen molar-refractivity contribution in [2.75, 3.05) is 5.32 Å². The largest absolute Gasteiger partial charge is 0.322 e. The first-order valence-electron chi connectivity index (χ1n) is 4.94. The average molecular weight is 251 g/mol. The fourth-order valence-electron chi connectivity index (χ4n) is 1.05. The zero-order chi connectivity index (χ0) is 13.9.